The second kappa shape index (κ2) is 8.18. The summed E-state index contributed by atoms with van der Waals surface area (Å²) in [4.78, 5) is 35.3. The van der Waals surface area contributed by atoms with Crippen LogP contribution in [0.5, 0.6) is 0 Å². The number of benzene rings is 1. The van der Waals surface area contributed by atoms with Crippen LogP contribution in [0.2, 0.25) is 0 Å². The molecule has 1 amide bonds. The van der Waals surface area contributed by atoms with E-state index in [-0.39, 0.29) is 30.7 Å². The fraction of sp³-hybridized carbons (Fsp3) is 0.353. The second-order valence-corrected chi connectivity index (χ2v) is 5.81. The van der Waals surface area contributed by atoms with Gasteiger partial charge in [-0.05, 0) is 23.6 Å². The Morgan fingerprint density at radius 2 is 2.04 bits per heavy atom. The largest absolute Gasteiger partial charge is 0.469 e. The molecule has 0 bridgehead atoms. The van der Waals surface area contributed by atoms with Gasteiger partial charge in [0.25, 0.3) is 0 Å². The molecule has 25 heavy (non-hydrogen) atoms. The summed E-state index contributed by atoms with van der Waals surface area (Å²) in [5.41, 5.74) is 8.01. The maximum atomic E-state index is 11.7. The predicted molar refractivity (Wildman–Crippen MR) is 96.1 cm³/mol. The quantitative estimate of drug-likeness (QED) is 0.490. The third kappa shape index (κ3) is 5.52. The first kappa shape index (κ1) is 18.3. The summed E-state index contributed by atoms with van der Waals surface area (Å²) in [5.74, 6) is -0.400. The molecule has 1 aromatic rings. The number of aliphatic imine (C=N–C) groups is 3. The van der Waals surface area contributed by atoms with E-state index in [1.54, 1.807) is 0 Å². The van der Waals surface area contributed by atoms with Crippen LogP contribution in [0, 0.1) is 0 Å². The Balaban J connectivity index is 2.17. The smallest absolute Gasteiger partial charge is 0.311 e. The van der Waals surface area contributed by atoms with Gasteiger partial charge in [0.05, 0.1) is 25.6 Å². The molecule has 0 aromatic heterocycles. The number of esters is 1. The molecule has 0 unspecified atom stereocenters. The standard InChI is InChI=1S/C17H21N5O3/c1-10(2)11-4-6-12(7-5-11)19-16(18)22-17-20-13(8-14(23)21-17)9-15(24)25-3/h4-7,10H,8-9H2,1-3H3,(H3,18,19,21,22,23). The van der Waals surface area contributed by atoms with Gasteiger partial charge in [0.15, 0.2) is 0 Å². The molecule has 0 saturated carbocycles. The van der Waals surface area contributed by atoms with E-state index in [0.29, 0.717) is 17.3 Å². The second-order valence-electron chi connectivity index (χ2n) is 5.81. The molecule has 0 radical (unpaired) electrons. The average molecular weight is 343 g/mol. The molecule has 1 heterocycles. The normalized spacial score (nSPS) is 16.6. The highest BCUT2D eigenvalue weighted by molar-refractivity contribution is 6.20. The van der Waals surface area contributed by atoms with Crippen LogP contribution in [0.1, 0.15) is 38.2 Å². The zero-order valence-electron chi connectivity index (χ0n) is 14.4. The van der Waals surface area contributed by atoms with Crippen molar-refractivity contribution < 1.29 is 14.3 Å². The van der Waals surface area contributed by atoms with E-state index in [0.717, 1.165) is 0 Å². The van der Waals surface area contributed by atoms with E-state index in [2.05, 4.69) is 38.9 Å². The van der Waals surface area contributed by atoms with E-state index < -0.39 is 5.97 Å². The van der Waals surface area contributed by atoms with Crippen LogP contribution < -0.4 is 11.1 Å². The highest BCUT2D eigenvalue weighted by atomic mass is 16.5. The maximum absolute atomic E-state index is 11.7. The lowest BCUT2D eigenvalue weighted by molar-refractivity contribution is -0.139. The van der Waals surface area contributed by atoms with Crippen molar-refractivity contribution in [2.45, 2.75) is 32.6 Å². The average Bonchev–Trinajstić information content (AvgIpc) is 2.54. The predicted octanol–water partition coefficient (Wildman–Crippen LogP) is 1.64. The van der Waals surface area contributed by atoms with Crippen molar-refractivity contribution in [3.8, 4) is 0 Å². The van der Waals surface area contributed by atoms with E-state index in [1.165, 1.54) is 12.7 Å². The number of nitrogens with zero attached hydrogens (tertiary/aromatic N) is 3. The lowest BCUT2D eigenvalue weighted by atomic mass is 10.0. The Bertz CT molecular complexity index is 748. The number of carbonyl (C=O) groups is 2. The Kier molecular flexibility index (Phi) is 5.99. The molecule has 1 aromatic carbocycles. The van der Waals surface area contributed by atoms with Gasteiger partial charge in [-0.1, -0.05) is 26.0 Å². The number of hydrogen-bond donors (Lipinski definition) is 2. The Morgan fingerprint density at radius 3 is 2.64 bits per heavy atom. The zero-order chi connectivity index (χ0) is 18.4. The van der Waals surface area contributed by atoms with Gasteiger partial charge in [0.1, 0.15) is 0 Å². The molecule has 3 N–H and O–H groups in total. The fourth-order valence-corrected chi connectivity index (χ4v) is 2.16. The van der Waals surface area contributed by atoms with Crippen molar-refractivity contribution in [1.82, 2.24) is 5.32 Å². The van der Waals surface area contributed by atoms with Gasteiger partial charge in [0, 0.05) is 5.71 Å². The van der Waals surface area contributed by atoms with Crippen LogP contribution in [0.25, 0.3) is 0 Å². The van der Waals surface area contributed by atoms with Gasteiger partial charge in [0.2, 0.25) is 17.8 Å². The Labute approximate surface area is 145 Å². The monoisotopic (exact) mass is 343 g/mol. The molecule has 2 rings (SSSR count). The van der Waals surface area contributed by atoms with Gasteiger partial charge in [-0.25, -0.2) is 9.98 Å². The number of methoxy groups -OCH3 is 1. The van der Waals surface area contributed by atoms with Gasteiger partial charge >= 0.3 is 5.97 Å². The van der Waals surface area contributed by atoms with Crippen molar-refractivity contribution >= 4 is 35.2 Å². The third-order valence-corrected chi connectivity index (χ3v) is 3.48. The molecular formula is C17H21N5O3. The van der Waals surface area contributed by atoms with Crippen LogP contribution in [0.3, 0.4) is 0 Å². The number of ether oxygens (including phenoxy) is 1. The number of guanidine groups is 2. The molecule has 0 atom stereocenters. The number of carbonyl (C=O) groups excluding carboxylic acids is 2. The van der Waals surface area contributed by atoms with Crippen molar-refractivity contribution in [2.75, 3.05) is 7.11 Å². The minimum atomic E-state index is -0.473. The van der Waals surface area contributed by atoms with E-state index in [1.807, 2.05) is 24.3 Å². The number of nitrogens with one attached hydrogen (secondary N) is 1. The summed E-state index contributed by atoms with van der Waals surface area (Å²) in [6.07, 6.45) is -0.0571. The first-order valence-corrected chi connectivity index (χ1v) is 7.83. The minimum Gasteiger partial charge on any atom is -0.469 e. The topological polar surface area (TPSA) is 118 Å². The third-order valence-electron chi connectivity index (χ3n) is 3.48. The highest BCUT2D eigenvalue weighted by Crippen LogP contribution is 2.19. The maximum Gasteiger partial charge on any atom is 0.311 e. The summed E-state index contributed by atoms with van der Waals surface area (Å²) in [6, 6.07) is 7.62. The molecule has 0 aliphatic carbocycles. The number of amides is 1. The van der Waals surface area contributed by atoms with Gasteiger partial charge in [-0.15, -0.1) is 0 Å². The van der Waals surface area contributed by atoms with E-state index in [9.17, 15) is 9.59 Å². The van der Waals surface area contributed by atoms with E-state index in [4.69, 9.17) is 5.73 Å². The molecular weight excluding hydrogens is 322 g/mol. The van der Waals surface area contributed by atoms with Crippen molar-refractivity contribution in [3.63, 3.8) is 0 Å². The van der Waals surface area contributed by atoms with Crippen LogP contribution in [0.15, 0.2) is 39.2 Å². The van der Waals surface area contributed by atoms with Crippen molar-refractivity contribution in [1.29, 1.82) is 0 Å². The molecule has 0 fully saturated rings. The molecule has 1 aliphatic heterocycles. The summed E-state index contributed by atoms with van der Waals surface area (Å²) in [6.45, 7) is 4.21. The molecule has 0 spiro atoms. The lowest BCUT2D eigenvalue weighted by Gasteiger charge is -2.13. The zero-order valence-corrected chi connectivity index (χ0v) is 14.4. The molecule has 8 nitrogen and oxygen atoms in total. The summed E-state index contributed by atoms with van der Waals surface area (Å²) in [5, 5.41) is 2.49. The number of nitrogens with two attached hydrogens (primary N) is 1. The lowest BCUT2D eigenvalue weighted by Crippen LogP contribution is -2.37. The Morgan fingerprint density at radius 1 is 1.36 bits per heavy atom. The van der Waals surface area contributed by atoms with Gasteiger partial charge in [-0.3, -0.25) is 14.9 Å². The minimum absolute atomic E-state index is 0.00945. The molecule has 0 saturated heterocycles. The Hall–Kier alpha value is -3.03. The van der Waals surface area contributed by atoms with Gasteiger partial charge in [-0.2, -0.15) is 4.99 Å². The molecule has 132 valence electrons. The number of hydrogen-bond acceptors (Lipinski definition) is 4. The van der Waals surface area contributed by atoms with E-state index >= 15 is 0 Å². The molecule has 1 aliphatic rings. The van der Waals surface area contributed by atoms with Crippen LogP contribution in [-0.2, 0) is 14.3 Å². The number of rotatable bonds is 4. The summed E-state index contributed by atoms with van der Waals surface area (Å²) >= 11 is 0. The van der Waals surface area contributed by atoms with Crippen molar-refractivity contribution in [2.24, 2.45) is 20.7 Å². The SMILES string of the molecule is COC(=O)CC1=NC(=NC(N)=Nc2ccc(C(C)C)cc2)NC(=O)C1. The van der Waals surface area contributed by atoms with Crippen LogP contribution in [0.4, 0.5) is 5.69 Å². The van der Waals surface area contributed by atoms with Gasteiger partial charge < -0.3 is 10.5 Å². The summed E-state index contributed by atoms with van der Waals surface area (Å²) in [7, 11) is 1.27. The van der Waals surface area contributed by atoms with Crippen LogP contribution in [-0.4, -0.2) is 36.6 Å². The summed E-state index contributed by atoms with van der Waals surface area (Å²) < 4.78 is 4.57. The first-order valence-electron chi connectivity index (χ1n) is 7.83. The van der Waals surface area contributed by atoms with Crippen LogP contribution >= 0.6 is 0 Å². The fourth-order valence-electron chi connectivity index (χ4n) is 2.16. The highest BCUT2D eigenvalue weighted by Gasteiger charge is 2.19. The first-order chi connectivity index (χ1) is 11.9. The molecule has 8 heteroatoms. The van der Waals surface area contributed by atoms with Crippen molar-refractivity contribution in [3.05, 3.63) is 29.8 Å².